The number of amides is 2. The number of hydrogen-bond acceptors (Lipinski definition) is 7. The van der Waals surface area contributed by atoms with E-state index in [0.717, 1.165) is 16.8 Å². The Hall–Kier alpha value is -4.77. The van der Waals surface area contributed by atoms with Gasteiger partial charge in [0, 0.05) is 75.4 Å². The van der Waals surface area contributed by atoms with Crippen molar-refractivity contribution in [3.05, 3.63) is 94.8 Å². The fraction of sp³-hybridized carbons (Fsp3) is 0.333. The monoisotopic (exact) mass is 646 g/mol. The number of nitrogens with zero attached hydrogens (tertiary/aromatic N) is 4. The van der Waals surface area contributed by atoms with Crippen LogP contribution >= 0.6 is 0 Å². The van der Waals surface area contributed by atoms with E-state index in [0.29, 0.717) is 24.2 Å². The Morgan fingerprint density at radius 1 is 0.935 bits per heavy atom. The van der Waals surface area contributed by atoms with Crippen molar-refractivity contribution >= 4 is 33.7 Å². The molecule has 3 N–H and O–H groups in total. The molecule has 0 spiro atoms. The highest BCUT2D eigenvalue weighted by molar-refractivity contribution is 7.87. The maximum Gasteiger partial charge on any atom is 0.322 e. The molecular formula is C33H38N6O6S. The molecule has 2 heterocycles. The molecule has 13 heteroatoms. The van der Waals surface area contributed by atoms with Crippen LogP contribution < -0.4 is 14.9 Å². The number of aliphatic carboxylic acids is 1. The van der Waals surface area contributed by atoms with E-state index in [4.69, 9.17) is 0 Å². The number of rotatable bonds is 10. The van der Waals surface area contributed by atoms with Crippen molar-refractivity contribution in [1.82, 2.24) is 24.2 Å². The van der Waals surface area contributed by atoms with E-state index >= 15 is 0 Å². The van der Waals surface area contributed by atoms with Crippen LogP contribution in [0.2, 0.25) is 0 Å². The summed E-state index contributed by atoms with van der Waals surface area (Å²) in [5.41, 5.74) is 3.97. The molecule has 1 aromatic heterocycles. The van der Waals surface area contributed by atoms with Gasteiger partial charge in [-0.25, -0.2) is 0 Å². The second kappa shape index (κ2) is 15.0. The molecule has 1 aliphatic rings. The lowest BCUT2D eigenvalue weighted by molar-refractivity contribution is -0.140. The SMILES string of the molecule is CC(C)[C@@H](NS(=O)(=O)N1CCN(c2ccc(C#Cc3ccnc(C(=O)NCc4ccc(C(=O)N(C)C)cc4)c3)cc2)CC1)C(=O)O. The van der Waals surface area contributed by atoms with Crippen LogP contribution in [0.15, 0.2) is 66.9 Å². The lowest BCUT2D eigenvalue weighted by atomic mass is 10.1. The van der Waals surface area contributed by atoms with Gasteiger partial charge >= 0.3 is 5.97 Å². The Kier molecular flexibility index (Phi) is 11.1. The number of nitrogens with one attached hydrogen (secondary N) is 2. The number of aromatic nitrogens is 1. The smallest absolute Gasteiger partial charge is 0.322 e. The summed E-state index contributed by atoms with van der Waals surface area (Å²) in [5.74, 6) is 4.14. The van der Waals surface area contributed by atoms with E-state index < -0.39 is 28.1 Å². The highest BCUT2D eigenvalue weighted by atomic mass is 32.2. The fourth-order valence-electron chi connectivity index (χ4n) is 4.72. The Morgan fingerprint density at radius 3 is 2.15 bits per heavy atom. The molecule has 1 atom stereocenters. The summed E-state index contributed by atoms with van der Waals surface area (Å²) in [6.45, 7) is 4.95. The van der Waals surface area contributed by atoms with E-state index in [2.05, 4.69) is 31.8 Å². The number of carboxylic acids is 1. The van der Waals surface area contributed by atoms with Gasteiger partial charge in [-0.3, -0.25) is 19.4 Å². The molecule has 3 aromatic rings. The van der Waals surface area contributed by atoms with E-state index in [9.17, 15) is 27.9 Å². The van der Waals surface area contributed by atoms with Crippen LogP contribution in [-0.2, 0) is 21.5 Å². The Morgan fingerprint density at radius 2 is 1.57 bits per heavy atom. The predicted molar refractivity (Wildman–Crippen MR) is 174 cm³/mol. The molecule has 12 nitrogen and oxygen atoms in total. The number of carbonyl (C=O) groups is 3. The van der Waals surface area contributed by atoms with Crippen LogP contribution in [0.1, 0.15) is 51.4 Å². The second-order valence-electron chi connectivity index (χ2n) is 11.4. The standard InChI is InChI=1S/C33H38N6O6S/c1-23(2)30(33(42)43)36-46(44,45)39-19-17-38(18-20-39)28-13-9-24(10-14-28)5-6-25-15-16-34-29(21-25)31(40)35-22-26-7-11-27(12-8-26)32(41)37(3)4/h7-16,21,23,30,36H,17-20,22H2,1-4H3,(H,35,40)(H,42,43)/t30-/m1/s1. The highest BCUT2D eigenvalue weighted by Gasteiger charge is 2.33. The lowest BCUT2D eigenvalue weighted by Crippen LogP contribution is -2.55. The molecule has 0 bridgehead atoms. The van der Waals surface area contributed by atoms with Crippen molar-refractivity contribution in [3.8, 4) is 11.8 Å². The molecule has 0 radical (unpaired) electrons. The van der Waals surface area contributed by atoms with Gasteiger partial charge in [0.2, 0.25) is 0 Å². The lowest BCUT2D eigenvalue weighted by Gasteiger charge is -2.36. The van der Waals surface area contributed by atoms with Gasteiger partial charge in [0.15, 0.2) is 0 Å². The van der Waals surface area contributed by atoms with E-state index in [1.54, 1.807) is 64.3 Å². The zero-order chi connectivity index (χ0) is 33.4. The number of carbonyl (C=O) groups excluding carboxylic acids is 2. The zero-order valence-electron chi connectivity index (χ0n) is 26.2. The minimum Gasteiger partial charge on any atom is -0.480 e. The molecule has 0 aliphatic carbocycles. The third-order valence-corrected chi connectivity index (χ3v) is 9.02. The number of hydrogen-bond donors (Lipinski definition) is 3. The summed E-state index contributed by atoms with van der Waals surface area (Å²) in [5, 5.41) is 12.2. The van der Waals surface area contributed by atoms with Gasteiger partial charge in [-0.05, 0) is 60.0 Å². The van der Waals surface area contributed by atoms with Crippen molar-refractivity contribution in [2.45, 2.75) is 26.4 Å². The predicted octanol–water partition coefficient (Wildman–Crippen LogP) is 2.18. The molecule has 0 unspecified atom stereocenters. The molecule has 2 amide bonds. The van der Waals surface area contributed by atoms with Crippen LogP contribution in [0.4, 0.5) is 5.69 Å². The number of pyridine rings is 1. The molecule has 4 rings (SSSR count). The van der Waals surface area contributed by atoms with Gasteiger partial charge in [0.25, 0.3) is 22.0 Å². The van der Waals surface area contributed by atoms with Crippen LogP contribution in [0.5, 0.6) is 0 Å². The first-order valence-corrected chi connectivity index (χ1v) is 16.2. The van der Waals surface area contributed by atoms with E-state index in [1.165, 1.54) is 15.4 Å². The average Bonchev–Trinajstić information content (AvgIpc) is 3.05. The Labute approximate surface area is 269 Å². The second-order valence-corrected chi connectivity index (χ2v) is 13.1. The van der Waals surface area contributed by atoms with Crippen molar-refractivity contribution < 1.29 is 27.9 Å². The summed E-state index contributed by atoms with van der Waals surface area (Å²) in [6.07, 6.45) is 1.53. The summed E-state index contributed by atoms with van der Waals surface area (Å²) in [7, 11) is -0.551. The highest BCUT2D eigenvalue weighted by Crippen LogP contribution is 2.19. The normalized spacial score (nSPS) is 14.2. The summed E-state index contributed by atoms with van der Waals surface area (Å²) < 4.78 is 29.1. The Balaban J connectivity index is 1.31. The molecule has 1 saturated heterocycles. The van der Waals surface area contributed by atoms with Crippen molar-refractivity contribution in [2.75, 3.05) is 45.2 Å². The third-order valence-electron chi connectivity index (χ3n) is 7.42. The van der Waals surface area contributed by atoms with Crippen LogP contribution in [0.3, 0.4) is 0 Å². The van der Waals surface area contributed by atoms with Crippen molar-refractivity contribution in [1.29, 1.82) is 0 Å². The maximum atomic E-state index is 12.8. The van der Waals surface area contributed by atoms with Gasteiger partial charge < -0.3 is 20.2 Å². The molecule has 242 valence electrons. The molecule has 46 heavy (non-hydrogen) atoms. The number of benzene rings is 2. The van der Waals surface area contributed by atoms with Crippen molar-refractivity contribution in [3.63, 3.8) is 0 Å². The summed E-state index contributed by atoms with van der Waals surface area (Å²) in [4.78, 5) is 44.0. The quantitative estimate of drug-likeness (QED) is 0.284. The zero-order valence-corrected chi connectivity index (χ0v) is 27.0. The van der Waals surface area contributed by atoms with Gasteiger partial charge in [-0.1, -0.05) is 37.8 Å². The first-order valence-electron chi connectivity index (χ1n) is 14.8. The Bertz CT molecular complexity index is 1720. The summed E-state index contributed by atoms with van der Waals surface area (Å²) >= 11 is 0. The van der Waals surface area contributed by atoms with Gasteiger partial charge in [-0.15, -0.1) is 0 Å². The van der Waals surface area contributed by atoms with Crippen LogP contribution in [0, 0.1) is 17.8 Å². The van der Waals surface area contributed by atoms with E-state index in [-0.39, 0.29) is 37.1 Å². The average molecular weight is 647 g/mol. The number of anilines is 1. The summed E-state index contributed by atoms with van der Waals surface area (Å²) in [6, 6.07) is 16.8. The minimum atomic E-state index is -3.93. The van der Waals surface area contributed by atoms with Gasteiger partial charge in [0.05, 0.1) is 0 Å². The molecular weight excluding hydrogens is 608 g/mol. The minimum absolute atomic E-state index is 0.0904. The molecule has 1 fully saturated rings. The van der Waals surface area contributed by atoms with Crippen LogP contribution in [0.25, 0.3) is 0 Å². The first kappa shape index (κ1) is 34.1. The fourth-order valence-corrected chi connectivity index (χ4v) is 6.21. The first-order chi connectivity index (χ1) is 21.8. The molecule has 0 saturated carbocycles. The third kappa shape index (κ3) is 8.91. The van der Waals surface area contributed by atoms with Crippen LogP contribution in [-0.4, -0.2) is 91.8 Å². The number of piperazine rings is 1. The topological polar surface area (TPSA) is 152 Å². The molecule has 2 aromatic carbocycles. The number of carboxylic acid groups (broad SMARTS) is 1. The maximum absolute atomic E-state index is 12.8. The van der Waals surface area contributed by atoms with E-state index in [1.807, 2.05) is 24.3 Å². The largest absolute Gasteiger partial charge is 0.480 e. The van der Waals surface area contributed by atoms with Crippen molar-refractivity contribution in [2.24, 2.45) is 5.92 Å². The van der Waals surface area contributed by atoms with Gasteiger partial charge in [0.1, 0.15) is 11.7 Å². The molecule has 1 aliphatic heterocycles. The van der Waals surface area contributed by atoms with Gasteiger partial charge in [-0.2, -0.15) is 17.4 Å².